The van der Waals surface area contributed by atoms with Crippen molar-refractivity contribution < 1.29 is 9.53 Å². The fraction of sp³-hybridized carbons (Fsp3) is 0.346. The molecule has 176 valence electrons. The molecular weight excluding hydrogens is 446 g/mol. The molecule has 2 N–H and O–H groups in total. The molecule has 1 atom stereocenters. The molecule has 0 saturated heterocycles. The second-order valence-corrected chi connectivity index (χ2v) is 10.5. The predicted octanol–water partition coefficient (Wildman–Crippen LogP) is 5.85. The fourth-order valence-electron chi connectivity index (χ4n) is 4.31. The number of aromatic nitrogens is 2. The van der Waals surface area contributed by atoms with Crippen LogP contribution in [-0.4, -0.2) is 45.7 Å². The van der Waals surface area contributed by atoms with Crippen LogP contribution in [0.2, 0.25) is 0 Å². The summed E-state index contributed by atoms with van der Waals surface area (Å²) in [5.74, 6) is 1.70. The summed E-state index contributed by atoms with van der Waals surface area (Å²) in [4.78, 5) is 24.4. The zero-order valence-corrected chi connectivity index (χ0v) is 20.5. The maximum atomic E-state index is 12.4. The number of anilines is 3. The minimum atomic E-state index is -0.485. The molecule has 0 spiro atoms. The summed E-state index contributed by atoms with van der Waals surface area (Å²) in [5.41, 5.74) is 4.08. The molecular formula is C26H29N5O2S. The minimum absolute atomic E-state index is 0.158. The average molecular weight is 476 g/mol. The van der Waals surface area contributed by atoms with Gasteiger partial charge in [0.1, 0.15) is 23.6 Å². The number of carbonyl (C=O) groups excluding carboxylic acids is 1. The lowest BCUT2D eigenvalue weighted by atomic mass is 9.97. The van der Waals surface area contributed by atoms with Crippen molar-refractivity contribution in [3.63, 3.8) is 0 Å². The van der Waals surface area contributed by atoms with Crippen LogP contribution in [0.25, 0.3) is 10.4 Å². The summed E-state index contributed by atoms with van der Waals surface area (Å²) >= 11 is 1.73. The zero-order valence-electron chi connectivity index (χ0n) is 19.7. The molecule has 8 heteroatoms. The molecule has 1 amide bonds. The van der Waals surface area contributed by atoms with Gasteiger partial charge < -0.3 is 20.3 Å². The van der Waals surface area contributed by atoms with E-state index in [9.17, 15) is 4.79 Å². The standard InChI is InChI=1S/C26H29N5O2S/c1-26(2,3)33-25(32)31-11-9-17(10-12-31)21-15-20-23(27-16-28-24(20)30-21)29-19-7-4-6-18(14-19)22-8-5-13-34-22/h4-9,13-14,16,21H,10-12,15H2,1-3H3,(H2,27,28,29,30). The topological polar surface area (TPSA) is 79.4 Å². The van der Waals surface area contributed by atoms with Crippen molar-refractivity contribution in [2.75, 3.05) is 23.7 Å². The summed E-state index contributed by atoms with van der Waals surface area (Å²) in [5, 5.41) is 9.14. The molecule has 2 aliphatic rings. The minimum Gasteiger partial charge on any atom is -0.444 e. The number of carbonyl (C=O) groups is 1. The van der Waals surface area contributed by atoms with Gasteiger partial charge in [-0.15, -0.1) is 11.3 Å². The number of thiophene rings is 1. The van der Waals surface area contributed by atoms with Gasteiger partial charge in [0.15, 0.2) is 0 Å². The highest BCUT2D eigenvalue weighted by Gasteiger charge is 2.31. The van der Waals surface area contributed by atoms with Gasteiger partial charge in [-0.25, -0.2) is 14.8 Å². The van der Waals surface area contributed by atoms with E-state index in [4.69, 9.17) is 4.74 Å². The molecule has 0 aliphatic carbocycles. The van der Waals surface area contributed by atoms with Crippen LogP contribution in [0.15, 0.2) is 59.8 Å². The summed E-state index contributed by atoms with van der Waals surface area (Å²) in [6.07, 6.45) is 5.10. The second kappa shape index (κ2) is 9.10. The summed E-state index contributed by atoms with van der Waals surface area (Å²) in [6.45, 7) is 6.88. The quantitative estimate of drug-likeness (QED) is 0.461. The maximum Gasteiger partial charge on any atom is 0.410 e. The number of fused-ring (bicyclic) bond motifs is 1. The number of rotatable bonds is 4. The summed E-state index contributed by atoms with van der Waals surface area (Å²) < 4.78 is 5.51. The molecule has 5 rings (SSSR count). The lowest BCUT2D eigenvalue weighted by molar-refractivity contribution is 0.0265. The molecule has 4 heterocycles. The molecule has 1 aromatic carbocycles. The third kappa shape index (κ3) is 4.92. The smallest absolute Gasteiger partial charge is 0.410 e. The van der Waals surface area contributed by atoms with Crippen molar-refractivity contribution in [2.24, 2.45) is 0 Å². The van der Waals surface area contributed by atoms with E-state index in [1.54, 1.807) is 22.6 Å². The van der Waals surface area contributed by atoms with Gasteiger partial charge >= 0.3 is 6.09 Å². The van der Waals surface area contributed by atoms with Gasteiger partial charge in [0, 0.05) is 35.6 Å². The summed E-state index contributed by atoms with van der Waals surface area (Å²) in [6, 6.07) is 12.7. The molecule has 7 nitrogen and oxygen atoms in total. The Kier molecular flexibility index (Phi) is 6.00. The molecule has 1 unspecified atom stereocenters. The summed E-state index contributed by atoms with van der Waals surface area (Å²) in [7, 11) is 0. The van der Waals surface area contributed by atoms with E-state index in [1.807, 2.05) is 20.8 Å². The monoisotopic (exact) mass is 475 g/mol. The maximum absolute atomic E-state index is 12.4. The van der Waals surface area contributed by atoms with Crippen molar-refractivity contribution in [1.29, 1.82) is 0 Å². The average Bonchev–Trinajstić information content (AvgIpc) is 3.49. The number of benzene rings is 1. The van der Waals surface area contributed by atoms with E-state index in [0.717, 1.165) is 35.7 Å². The van der Waals surface area contributed by atoms with E-state index >= 15 is 0 Å². The Hall–Kier alpha value is -3.39. The first-order valence-corrected chi connectivity index (χ1v) is 12.4. The Morgan fingerprint density at radius 3 is 2.85 bits per heavy atom. The second-order valence-electron chi connectivity index (χ2n) is 9.59. The number of hydrogen-bond donors (Lipinski definition) is 2. The van der Waals surface area contributed by atoms with E-state index in [2.05, 4.69) is 68.5 Å². The molecule has 0 fully saturated rings. The van der Waals surface area contributed by atoms with E-state index < -0.39 is 5.60 Å². The van der Waals surface area contributed by atoms with Gasteiger partial charge in [0.2, 0.25) is 0 Å². The van der Waals surface area contributed by atoms with Crippen LogP contribution in [0, 0.1) is 0 Å². The van der Waals surface area contributed by atoms with Crippen molar-refractivity contribution in [1.82, 2.24) is 14.9 Å². The van der Waals surface area contributed by atoms with E-state index in [-0.39, 0.29) is 12.1 Å². The molecule has 3 aromatic rings. The highest BCUT2D eigenvalue weighted by molar-refractivity contribution is 7.13. The van der Waals surface area contributed by atoms with Crippen LogP contribution in [0.4, 0.5) is 22.1 Å². The zero-order chi connectivity index (χ0) is 23.7. The number of nitrogens with zero attached hydrogens (tertiary/aromatic N) is 3. The third-order valence-corrected chi connectivity index (χ3v) is 6.86. The predicted molar refractivity (Wildman–Crippen MR) is 137 cm³/mol. The number of hydrogen-bond acceptors (Lipinski definition) is 7. The van der Waals surface area contributed by atoms with Gasteiger partial charge in [0.05, 0.1) is 6.04 Å². The normalized spacial score (nSPS) is 17.6. The lowest BCUT2D eigenvalue weighted by Gasteiger charge is -2.31. The van der Waals surface area contributed by atoms with Gasteiger partial charge in [-0.1, -0.05) is 24.3 Å². The van der Waals surface area contributed by atoms with Crippen LogP contribution in [0.5, 0.6) is 0 Å². The molecule has 2 aromatic heterocycles. The van der Waals surface area contributed by atoms with Gasteiger partial charge in [-0.3, -0.25) is 0 Å². The Morgan fingerprint density at radius 2 is 2.12 bits per heavy atom. The Bertz CT molecular complexity index is 1220. The Labute approximate surface area is 203 Å². The largest absolute Gasteiger partial charge is 0.444 e. The first-order valence-electron chi connectivity index (χ1n) is 11.5. The molecule has 34 heavy (non-hydrogen) atoms. The van der Waals surface area contributed by atoms with Gasteiger partial charge in [-0.2, -0.15) is 0 Å². The van der Waals surface area contributed by atoms with Crippen LogP contribution in [0.1, 0.15) is 32.8 Å². The van der Waals surface area contributed by atoms with Gasteiger partial charge in [0.25, 0.3) is 0 Å². The first-order chi connectivity index (χ1) is 16.4. The van der Waals surface area contributed by atoms with Crippen LogP contribution < -0.4 is 10.6 Å². The molecule has 2 aliphatic heterocycles. The van der Waals surface area contributed by atoms with Crippen LogP contribution in [-0.2, 0) is 11.2 Å². The van der Waals surface area contributed by atoms with Crippen molar-refractivity contribution in [3.05, 3.63) is 65.3 Å². The van der Waals surface area contributed by atoms with Crippen LogP contribution in [0.3, 0.4) is 0 Å². The molecule has 0 radical (unpaired) electrons. The third-order valence-electron chi connectivity index (χ3n) is 5.94. The Morgan fingerprint density at radius 1 is 1.24 bits per heavy atom. The van der Waals surface area contributed by atoms with E-state index in [1.165, 1.54) is 16.0 Å². The Balaban J connectivity index is 1.27. The highest BCUT2D eigenvalue weighted by Crippen LogP contribution is 2.35. The van der Waals surface area contributed by atoms with Gasteiger partial charge in [-0.05, 0) is 61.9 Å². The number of nitrogens with one attached hydrogen (secondary N) is 2. The fourth-order valence-corrected chi connectivity index (χ4v) is 5.03. The number of amides is 1. The van der Waals surface area contributed by atoms with Crippen molar-refractivity contribution in [2.45, 2.75) is 45.3 Å². The van der Waals surface area contributed by atoms with Crippen molar-refractivity contribution >= 4 is 34.8 Å². The lowest BCUT2D eigenvalue weighted by Crippen LogP contribution is -2.40. The van der Waals surface area contributed by atoms with Crippen LogP contribution >= 0.6 is 11.3 Å². The SMILES string of the molecule is CC(C)(C)OC(=O)N1CC=C(C2Cc3c(Nc4cccc(-c5cccs5)c4)ncnc3N2)CC1. The number of ether oxygens (including phenoxy) is 1. The highest BCUT2D eigenvalue weighted by atomic mass is 32.1. The van der Waals surface area contributed by atoms with Crippen molar-refractivity contribution in [3.8, 4) is 10.4 Å². The molecule has 0 bridgehead atoms. The van der Waals surface area contributed by atoms with E-state index in [0.29, 0.717) is 13.1 Å². The first kappa shape index (κ1) is 22.4. The molecule has 0 saturated carbocycles.